The van der Waals surface area contributed by atoms with Crippen LogP contribution in [-0.4, -0.2) is 30.3 Å². The fourth-order valence-electron chi connectivity index (χ4n) is 2.06. The van der Waals surface area contributed by atoms with E-state index in [9.17, 15) is 4.79 Å². The SMILES string of the molecule is CC(=O)/C=C/CN(C)C1CC(C)(C)C1. The van der Waals surface area contributed by atoms with Crippen molar-refractivity contribution in [2.45, 2.75) is 39.7 Å². The van der Waals surface area contributed by atoms with Gasteiger partial charge >= 0.3 is 0 Å². The van der Waals surface area contributed by atoms with E-state index in [2.05, 4.69) is 25.8 Å². The summed E-state index contributed by atoms with van der Waals surface area (Å²) in [6, 6.07) is 0.710. The van der Waals surface area contributed by atoms with E-state index < -0.39 is 0 Å². The third-order valence-electron chi connectivity index (χ3n) is 2.95. The lowest BCUT2D eigenvalue weighted by Crippen LogP contribution is -2.46. The van der Waals surface area contributed by atoms with E-state index in [1.165, 1.54) is 12.8 Å². The first-order chi connectivity index (χ1) is 6.41. The zero-order valence-electron chi connectivity index (χ0n) is 9.71. The molecular formula is C12H21NO. The van der Waals surface area contributed by atoms with Crippen molar-refractivity contribution in [2.24, 2.45) is 5.41 Å². The van der Waals surface area contributed by atoms with Crippen molar-refractivity contribution in [1.82, 2.24) is 4.90 Å². The minimum atomic E-state index is 0.132. The van der Waals surface area contributed by atoms with E-state index in [0.717, 1.165) is 6.54 Å². The van der Waals surface area contributed by atoms with Gasteiger partial charge in [0.1, 0.15) is 0 Å². The molecule has 0 atom stereocenters. The summed E-state index contributed by atoms with van der Waals surface area (Å²) in [5.74, 6) is 0.132. The second-order valence-corrected chi connectivity index (χ2v) is 5.18. The molecule has 80 valence electrons. The predicted octanol–water partition coefficient (Wildman–Crippen LogP) is 2.25. The van der Waals surface area contributed by atoms with Gasteiger partial charge in [0, 0.05) is 12.6 Å². The zero-order chi connectivity index (χ0) is 10.8. The Balaban J connectivity index is 2.24. The normalized spacial score (nSPS) is 21.5. The number of carbonyl (C=O) groups is 1. The molecule has 1 rings (SSSR count). The van der Waals surface area contributed by atoms with Crippen LogP contribution < -0.4 is 0 Å². The van der Waals surface area contributed by atoms with Crippen LogP contribution in [0.4, 0.5) is 0 Å². The Morgan fingerprint density at radius 1 is 1.50 bits per heavy atom. The van der Waals surface area contributed by atoms with Crippen molar-refractivity contribution < 1.29 is 4.79 Å². The molecule has 1 saturated carbocycles. The van der Waals surface area contributed by atoms with E-state index in [-0.39, 0.29) is 5.78 Å². The number of nitrogens with zero attached hydrogens (tertiary/aromatic N) is 1. The average molecular weight is 195 g/mol. The molecule has 0 N–H and O–H groups in total. The molecule has 0 unspecified atom stereocenters. The van der Waals surface area contributed by atoms with Crippen molar-refractivity contribution in [3.8, 4) is 0 Å². The van der Waals surface area contributed by atoms with Crippen LogP contribution in [-0.2, 0) is 4.79 Å². The van der Waals surface area contributed by atoms with E-state index in [1.807, 2.05) is 6.08 Å². The molecule has 0 amide bonds. The van der Waals surface area contributed by atoms with Crippen molar-refractivity contribution in [3.05, 3.63) is 12.2 Å². The van der Waals surface area contributed by atoms with Gasteiger partial charge in [-0.25, -0.2) is 0 Å². The van der Waals surface area contributed by atoms with Gasteiger partial charge < -0.3 is 0 Å². The fraction of sp³-hybridized carbons (Fsp3) is 0.750. The average Bonchev–Trinajstić information content (AvgIpc) is 1.99. The van der Waals surface area contributed by atoms with E-state index >= 15 is 0 Å². The van der Waals surface area contributed by atoms with Crippen LogP contribution >= 0.6 is 0 Å². The Bertz CT molecular complexity index is 235. The predicted molar refractivity (Wildman–Crippen MR) is 59.3 cm³/mol. The Morgan fingerprint density at radius 3 is 2.50 bits per heavy atom. The second kappa shape index (κ2) is 4.26. The topological polar surface area (TPSA) is 20.3 Å². The molecule has 0 bridgehead atoms. The lowest BCUT2D eigenvalue weighted by atomic mass is 9.68. The van der Waals surface area contributed by atoms with Crippen LogP contribution in [0, 0.1) is 5.41 Å². The molecule has 0 aromatic rings. The molecule has 2 heteroatoms. The highest BCUT2D eigenvalue weighted by Gasteiger charge is 2.37. The number of allylic oxidation sites excluding steroid dienone is 1. The number of ketones is 1. The summed E-state index contributed by atoms with van der Waals surface area (Å²) in [6.45, 7) is 7.09. The molecule has 0 saturated heterocycles. The Morgan fingerprint density at radius 2 is 2.07 bits per heavy atom. The van der Waals surface area contributed by atoms with Crippen LogP contribution in [0.15, 0.2) is 12.2 Å². The van der Waals surface area contributed by atoms with Crippen molar-refractivity contribution in [3.63, 3.8) is 0 Å². The summed E-state index contributed by atoms with van der Waals surface area (Å²) in [6.07, 6.45) is 6.16. The minimum Gasteiger partial charge on any atom is -0.300 e. The number of rotatable bonds is 4. The van der Waals surface area contributed by atoms with Crippen LogP contribution in [0.1, 0.15) is 33.6 Å². The molecule has 0 aromatic heterocycles. The minimum absolute atomic E-state index is 0.132. The van der Waals surface area contributed by atoms with Gasteiger partial charge in [-0.15, -0.1) is 0 Å². The van der Waals surface area contributed by atoms with Crippen molar-refractivity contribution in [2.75, 3.05) is 13.6 Å². The van der Waals surface area contributed by atoms with Crippen LogP contribution in [0.2, 0.25) is 0 Å². The first-order valence-corrected chi connectivity index (χ1v) is 5.28. The number of likely N-dealkylation sites (N-methyl/N-ethyl adjacent to an activating group) is 1. The summed E-state index contributed by atoms with van der Waals surface area (Å²) in [5, 5.41) is 0. The molecule has 0 spiro atoms. The molecule has 1 aliphatic rings. The van der Waals surface area contributed by atoms with Gasteiger partial charge in [-0.2, -0.15) is 0 Å². The first kappa shape index (κ1) is 11.4. The van der Waals surface area contributed by atoms with Gasteiger partial charge in [0.15, 0.2) is 5.78 Å². The largest absolute Gasteiger partial charge is 0.300 e. The van der Waals surface area contributed by atoms with Crippen LogP contribution in [0.5, 0.6) is 0 Å². The smallest absolute Gasteiger partial charge is 0.152 e. The molecule has 0 radical (unpaired) electrons. The Hall–Kier alpha value is -0.630. The maximum absolute atomic E-state index is 10.7. The summed E-state index contributed by atoms with van der Waals surface area (Å²) in [7, 11) is 2.13. The van der Waals surface area contributed by atoms with Crippen LogP contribution in [0.3, 0.4) is 0 Å². The molecule has 0 aromatic carbocycles. The number of hydrogen-bond donors (Lipinski definition) is 0. The van der Waals surface area contributed by atoms with Gasteiger partial charge in [0.2, 0.25) is 0 Å². The number of carbonyl (C=O) groups excluding carboxylic acids is 1. The van der Waals surface area contributed by atoms with E-state index in [1.54, 1.807) is 13.0 Å². The third kappa shape index (κ3) is 3.26. The molecule has 14 heavy (non-hydrogen) atoms. The molecule has 0 heterocycles. The van der Waals surface area contributed by atoms with Crippen molar-refractivity contribution >= 4 is 5.78 Å². The molecule has 0 aliphatic heterocycles. The zero-order valence-corrected chi connectivity index (χ0v) is 9.71. The van der Waals surface area contributed by atoms with Gasteiger partial charge in [-0.3, -0.25) is 9.69 Å². The second-order valence-electron chi connectivity index (χ2n) is 5.18. The lowest BCUT2D eigenvalue weighted by Gasteiger charge is -2.46. The van der Waals surface area contributed by atoms with E-state index in [0.29, 0.717) is 11.5 Å². The van der Waals surface area contributed by atoms with Crippen LogP contribution in [0.25, 0.3) is 0 Å². The highest BCUT2D eigenvalue weighted by Crippen LogP contribution is 2.42. The van der Waals surface area contributed by atoms with Gasteiger partial charge in [0.05, 0.1) is 0 Å². The summed E-state index contributed by atoms with van der Waals surface area (Å²) in [4.78, 5) is 13.0. The molecule has 2 nitrogen and oxygen atoms in total. The van der Waals surface area contributed by atoms with Crippen molar-refractivity contribution in [1.29, 1.82) is 0 Å². The van der Waals surface area contributed by atoms with Gasteiger partial charge in [0.25, 0.3) is 0 Å². The fourth-order valence-corrected chi connectivity index (χ4v) is 2.06. The maximum atomic E-state index is 10.7. The molecular weight excluding hydrogens is 174 g/mol. The third-order valence-corrected chi connectivity index (χ3v) is 2.95. The lowest BCUT2D eigenvalue weighted by molar-refractivity contribution is -0.112. The molecule has 1 aliphatic carbocycles. The summed E-state index contributed by atoms with van der Waals surface area (Å²) >= 11 is 0. The Labute approximate surface area is 87.0 Å². The van der Waals surface area contributed by atoms with E-state index in [4.69, 9.17) is 0 Å². The number of hydrogen-bond acceptors (Lipinski definition) is 2. The monoisotopic (exact) mass is 195 g/mol. The van der Waals surface area contributed by atoms with Gasteiger partial charge in [-0.1, -0.05) is 19.9 Å². The maximum Gasteiger partial charge on any atom is 0.152 e. The Kier molecular flexibility index (Phi) is 3.48. The standard InChI is InChI=1S/C12H21NO/c1-10(14)6-5-7-13(4)11-8-12(2,3)9-11/h5-6,11H,7-9H2,1-4H3/b6-5+. The molecule has 1 fully saturated rings. The highest BCUT2D eigenvalue weighted by molar-refractivity contribution is 5.87. The highest BCUT2D eigenvalue weighted by atomic mass is 16.1. The first-order valence-electron chi connectivity index (χ1n) is 5.28. The summed E-state index contributed by atoms with van der Waals surface area (Å²) in [5.41, 5.74) is 0.531. The quantitative estimate of drug-likeness (QED) is 0.641. The van der Waals surface area contributed by atoms with Gasteiger partial charge in [-0.05, 0) is 38.3 Å². The summed E-state index contributed by atoms with van der Waals surface area (Å²) < 4.78 is 0.